The van der Waals surface area contributed by atoms with Gasteiger partial charge in [-0.05, 0) is 62.7 Å². The summed E-state index contributed by atoms with van der Waals surface area (Å²) < 4.78 is 0. The highest BCUT2D eigenvalue weighted by atomic mass is 15.0. The third-order valence-corrected chi connectivity index (χ3v) is 8.85. The molecular formula is C41H30N4. The fourth-order valence-electron chi connectivity index (χ4n) is 6.38. The lowest BCUT2D eigenvalue weighted by atomic mass is 9.81. The average molecular weight is 579 g/mol. The fourth-order valence-corrected chi connectivity index (χ4v) is 6.38. The zero-order valence-electron chi connectivity index (χ0n) is 25.1. The molecule has 0 unspecified atom stereocenters. The van der Waals surface area contributed by atoms with Gasteiger partial charge in [0, 0.05) is 34.5 Å². The van der Waals surface area contributed by atoms with Crippen molar-refractivity contribution in [2.75, 3.05) is 0 Å². The number of aromatic nitrogens is 4. The number of pyridine rings is 1. The van der Waals surface area contributed by atoms with E-state index in [1.165, 1.54) is 33.4 Å². The van der Waals surface area contributed by atoms with E-state index >= 15 is 0 Å². The molecule has 0 saturated heterocycles. The molecule has 4 heteroatoms. The summed E-state index contributed by atoms with van der Waals surface area (Å²) in [6, 6.07) is 46.6. The normalized spacial score (nSPS) is 12.8. The molecule has 5 aromatic carbocycles. The maximum Gasteiger partial charge on any atom is 0.164 e. The molecule has 214 valence electrons. The minimum Gasteiger partial charge on any atom is -0.264 e. The maximum absolute atomic E-state index is 4.98. The zero-order chi connectivity index (χ0) is 30.4. The van der Waals surface area contributed by atoms with Gasteiger partial charge in [-0.15, -0.1) is 0 Å². The van der Waals surface area contributed by atoms with Crippen LogP contribution in [0, 0.1) is 0 Å². The Balaban J connectivity index is 1.18. The lowest BCUT2D eigenvalue weighted by Crippen LogP contribution is -2.15. The summed E-state index contributed by atoms with van der Waals surface area (Å²) in [6.45, 7) is 4.63. The molecule has 0 radical (unpaired) electrons. The molecule has 8 rings (SSSR count). The fraction of sp³-hybridized carbons (Fsp3) is 0.0732. The van der Waals surface area contributed by atoms with Gasteiger partial charge < -0.3 is 0 Å². The minimum atomic E-state index is -0.191. The number of benzene rings is 5. The van der Waals surface area contributed by atoms with E-state index in [4.69, 9.17) is 15.0 Å². The molecule has 1 aliphatic rings. The van der Waals surface area contributed by atoms with Crippen LogP contribution in [-0.4, -0.2) is 19.9 Å². The van der Waals surface area contributed by atoms with Crippen LogP contribution in [0.5, 0.6) is 0 Å². The summed E-state index contributed by atoms with van der Waals surface area (Å²) in [6.07, 6.45) is 3.71. The van der Waals surface area contributed by atoms with Crippen molar-refractivity contribution in [2.45, 2.75) is 19.3 Å². The second-order valence-electron chi connectivity index (χ2n) is 12.0. The highest BCUT2D eigenvalue weighted by Gasteiger charge is 2.36. The Hall–Kier alpha value is -5.74. The first-order valence-corrected chi connectivity index (χ1v) is 15.2. The van der Waals surface area contributed by atoms with E-state index in [0.717, 1.165) is 27.8 Å². The van der Waals surface area contributed by atoms with Gasteiger partial charge in [-0.3, -0.25) is 4.98 Å². The second kappa shape index (κ2) is 10.8. The molecule has 2 heterocycles. The van der Waals surface area contributed by atoms with Crippen molar-refractivity contribution in [2.24, 2.45) is 0 Å². The predicted octanol–water partition coefficient (Wildman–Crippen LogP) is 9.91. The lowest BCUT2D eigenvalue weighted by molar-refractivity contribution is 0.661. The zero-order valence-corrected chi connectivity index (χ0v) is 25.1. The number of hydrogen-bond donors (Lipinski definition) is 0. The van der Waals surface area contributed by atoms with Gasteiger partial charge in [0.05, 0.1) is 0 Å². The molecular weight excluding hydrogens is 548 g/mol. The van der Waals surface area contributed by atoms with Crippen LogP contribution in [0.1, 0.15) is 25.0 Å². The quantitative estimate of drug-likeness (QED) is 0.204. The Bertz CT molecular complexity index is 2100. The molecule has 0 bridgehead atoms. The summed E-state index contributed by atoms with van der Waals surface area (Å²) in [7, 11) is 0. The molecule has 0 N–H and O–H groups in total. The van der Waals surface area contributed by atoms with E-state index in [0.29, 0.717) is 17.5 Å². The lowest BCUT2D eigenvalue weighted by Gasteiger charge is -2.22. The van der Waals surface area contributed by atoms with Gasteiger partial charge in [0.2, 0.25) is 0 Å². The number of nitrogens with zero attached hydrogens (tertiary/aromatic N) is 4. The molecule has 0 spiro atoms. The Morgan fingerprint density at radius 2 is 0.844 bits per heavy atom. The molecule has 2 aromatic heterocycles. The predicted molar refractivity (Wildman–Crippen MR) is 182 cm³/mol. The Kier molecular flexibility index (Phi) is 6.42. The van der Waals surface area contributed by atoms with Gasteiger partial charge in [-0.1, -0.05) is 129 Å². The van der Waals surface area contributed by atoms with Gasteiger partial charge in [-0.2, -0.15) is 0 Å². The average Bonchev–Trinajstić information content (AvgIpc) is 3.34. The van der Waals surface area contributed by atoms with Crippen LogP contribution in [0.15, 0.2) is 146 Å². The Morgan fingerprint density at radius 1 is 0.400 bits per heavy atom. The van der Waals surface area contributed by atoms with Crippen LogP contribution in [-0.2, 0) is 5.41 Å². The van der Waals surface area contributed by atoms with Crippen LogP contribution >= 0.6 is 0 Å². The minimum absolute atomic E-state index is 0.191. The monoisotopic (exact) mass is 578 g/mol. The van der Waals surface area contributed by atoms with Crippen LogP contribution < -0.4 is 0 Å². The second-order valence-corrected chi connectivity index (χ2v) is 12.0. The van der Waals surface area contributed by atoms with Crippen LogP contribution in [0.4, 0.5) is 0 Å². The van der Waals surface area contributed by atoms with Crippen LogP contribution in [0.2, 0.25) is 0 Å². The third-order valence-electron chi connectivity index (χ3n) is 8.85. The van der Waals surface area contributed by atoms with Crippen molar-refractivity contribution in [3.63, 3.8) is 0 Å². The van der Waals surface area contributed by atoms with Crippen LogP contribution in [0.3, 0.4) is 0 Å². The largest absolute Gasteiger partial charge is 0.264 e. The van der Waals surface area contributed by atoms with Gasteiger partial charge in [0.1, 0.15) is 0 Å². The number of fused-ring (bicyclic) bond motifs is 3. The van der Waals surface area contributed by atoms with Gasteiger partial charge in [-0.25, -0.2) is 15.0 Å². The highest BCUT2D eigenvalue weighted by Crippen LogP contribution is 2.50. The third kappa shape index (κ3) is 4.81. The molecule has 0 saturated carbocycles. The molecule has 4 nitrogen and oxygen atoms in total. The van der Waals surface area contributed by atoms with Crippen LogP contribution in [0.25, 0.3) is 67.5 Å². The standard InChI is InChI=1S/C41H30N4/c1-41(2)36-24-31(27-15-17-28(18-16-27)33-14-9-23-42-26-33)19-21-34(36)35-22-20-32(25-37(35)41)40-44-38(29-10-5-3-6-11-29)43-39(45-40)30-12-7-4-8-13-30/h3-26H,1-2H3. The molecule has 1 aliphatic carbocycles. The number of hydrogen-bond acceptors (Lipinski definition) is 4. The highest BCUT2D eigenvalue weighted by molar-refractivity contribution is 5.85. The Morgan fingerprint density at radius 3 is 1.38 bits per heavy atom. The van der Waals surface area contributed by atoms with E-state index in [1.807, 2.05) is 72.9 Å². The molecule has 7 aromatic rings. The van der Waals surface area contributed by atoms with Crippen molar-refractivity contribution in [1.29, 1.82) is 0 Å². The van der Waals surface area contributed by atoms with Crippen molar-refractivity contribution >= 4 is 0 Å². The topological polar surface area (TPSA) is 51.6 Å². The van der Waals surface area contributed by atoms with E-state index in [2.05, 4.69) is 85.6 Å². The van der Waals surface area contributed by atoms with E-state index in [9.17, 15) is 0 Å². The summed E-state index contributed by atoms with van der Waals surface area (Å²) in [5, 5.41) is 0. The first kappa shape index (κ1) is 26.9. The molecule has 0 aliphatic heterocycles. The van der Waals surface area contributed by atoms with Crippen molar-refractivity contribution in [3.05, 3.63) is 157 Å². The molecule has 0 atom stereocenters. The summed E-state index contributed by atoms with van der Waals surface area (Å²) in [5.41, 5.74) is 12.6. The van der Waals surface area contributed by atoms with Crippen molar-refractivity contribution < 1.29 is 0 Å². The van der Waals surface area contributed by atoms with Crippen molar-refractivity contribution in [3.8, 4) is 67.5 Å². The SMILES string of the molecule is CC1(C)c2cc(-c3ccc(-c4cccnc4)cc3)ccc2-c2ccc(-c3nc(-c4ccccc4)nc(-c4ccccc4)n3)cc21. The van der Waals surface area contributed by atoms with E-state index in [1.54, 1.807) is 6.20 Å². The molecule has 45 heavy (non-hydrogen) atoms. The smallest absolute Gasteiger partial charge is 0.164 e. The first-order valence-electron chi connectivity index (χ1n) is 15.2. The van der Waals surface area contributed by atoms with E-state index in [-0.39, 0.29) is 5.41 Å². The van der Waals surface area contributed by atoms with Gasteiger partial charge in [0.15, 0.2) is 17.5 Å². The van der Waals surface area contributed by atoms with Crippen molar-refractivity contribution in [1.82, 2.24) is 19.9 Å². The van der Waals surface area contributed by atoms with Gasteiger partial charge in [0.25, 0.3) is 0 Å². The van der Waals surface area contributed by atoms with Gasteiger partial charge >= 0.3 is 0 Å². The summed E-state index contributed by atoms with van der Waals surface area (Å²) in [5.74, 6) is 2.01. The maximum atomic E-state index is 4.98. The number of rotatable bonds is 5. The molecule has 0 amide bonds. The Labute approximate surface area is 263 Å². The molecule has 0 fully saturated rings. The summed E-state index contributed by atoms with van der Waals surface area (Å²) >= 11 is 0. The van der Waals surface area contributed by atoms with E-state index < -0.39 is 0 Å². The summed E-state index contributed by atoms with van der Waals surface area (Å²) in [4.78, 5) is 19.1. The first-order chi connectivity index (χ1) is 22.0.